The summed E-state index contributed by atoms with van der Waals surface area (Å²) in [4.78, 5) is 15.5. The second-order valence-corrected chi connectivity index (χ2v) is 3.65. The third kappa shape index (κ3) is 3.00. The molecule has 0 aromatic carbocycles. The highest BCUT2D eigenvalue weighted by Gasteiger charge is 2.07. The molecular formula is C10H13ClN2O. The van der Waals surface area contributed by atoms with Gasteiger partial charge in [0.2, 0.25) is 5.91 Å². The fourth-order valence-electron chi connectivity index (χ4n) is 0.989. The van der Waals surface area contributed by atoms with E-state index in [9.17, 15) is 4.79 Å². The molecule has 4 heteroatoms. The number of nitrogens with zero attached hydrogens (tertiary/aromatic N) is 1. The maximum atomic E-state index is 11.4. The van der Waals surface area contributed by atoms with Gasteiger partial charge in [0.05, 0.1) is 12.2 Å². The van der Waals surface area contributed by atoms with Crippen molar-refractivity contribution in [1.29, 1.82) is 0 Å². The van der Waals surface area contributed by atoms with E-state index in [0.29, 0.717) is 17.2 Å². The summed E-state index contributed by atoms with van der Waals surface area (Å²) in [5.74, 6) is -0.138. The Bertz CT molecular complexity index is 325. The third-order valence-corrected chi connectivity index (χ3v) is 2.29. The maximum Gasteiger partial charge on any atom is 0.248 e. The molecule has 0 spiro atoms. The molecule has 0 bridgehead atoms. The van der Waals surface area contributed by atoms with Crippen molar-refractivity contribution in [3.8, 4) is 0 Å². The van der Waals surface area contributed by atoms with Gasteiger partial charge in [-0.3, -0.25) is 9.79 Å². The van der Waals surface area contributed by atoms with Crippen molar-refractivity contribution in [3.05, 3.63) is 22.4 Å². The lowest BCUT2D eigenvalue weighted by atomic mass is 10.2. The molecule has 0 unspecified atom stereocenters. The number of carbonyl (C=O) groups excluding carboxylic acids is 1. The largest absolute Gasteiger partial charge is 0.347 e. The van der Waals surface area contributed by atoms with E-state index in [0.717, 1.165) is 12.1 Å². The Morgan fingerprint density at radius 3 is 2.86 bits per heavy atom. The van der Waals surface area contributed by atoms with Crippen LogP contribution in [0.2, 0.25) is 0 Å². The van der Waals surface area contributed by atoms with E-state index in [1.165, 1.54) is 0 Å². The van der Waals surface area contributed by atoms with Gasteiger partial charge in [0.15, 0.2) is 0 Å². The summed E-state index contributed by atoms with van der Waals surface area (Å²) in [5.41, 5.74) is 1.45. The van der Waals surface area contributed by atoms with Crippen LogP contribution in [0.3, 0.4) is 0 Å². The molecule has 0 fully saturated rings. The van der Waals surface area contributed by atoms with Crippen LogP contribution in [0.1, 0.15) is 20.3 Å². The van der Waals surface area contributed by atoms with Gasteiger partial charge in [0, 0.05) is 23.2 Å². The topological polar surface area (TPSA) is 41.5 Å². The van der Waals surface area contributed by atoms with Gasteiger partial charge >= 0.3 is 0 Å². The molecule has 0 aliphatic carbocycles. The van der Waals surface area contributed by atoms with E-state index < -0.39 is 0 Å². The first-order valence-electron chi connectivity index (χ1n) is 4.44. The van der Waals surface area contributed by atoms with Crippen molar-refractivity contribution in [3.63, 3.8) is 0 Å². The average Bonchev–Trinajstić information content (AvgIpc) is 2.65. The minimum absolute atomic E-state index is 0.138. The Labute approximate surface area is 88.5 Å². The fourth-order valence-corrected chi connectivity index (χ4v) is 1.07. The number of amides is 1. The minimum Gasteiger partial charge on any atom is -0.347 e. The van der Waals surface area contributed by atoms with Crippen molar-refractivity contribution in [2.75, 3.05) is 6.54 Å². The van der Waals surface area contributed by atoms with Gasteiger partial charge in [-0.15, -0.1) is 0 Å². The Balaban J connectivity index is 2.42. The molecule has 1 heterocycles. The highest BCUT2D eigenvalue weighted by Crippen LogP contribution is 2.08. The van der Waals surface area contributed by atoms with Crippen LogP contribution in [0.5, 0.6) is 0 Å². The second-order valence-electron chi connectivity index (χ2n) is 3.08. The van der Waals surface area contributed by atoms with Gasteiger partial charge in [0.25, 0.3) is 0 Å². The van der Waals surface area contributed by atoms with Crippen molar-refractivity contribution in [2.45, 2.75) is 20.3 Å². The number of carbonyl (C=O) groups is 1. The lowest BCUT2D eigenvalue weighted by molar-refractivity contribution is -0.117. The van der Waals surface area contributed by atoms with Gasteiger partial charge < -0.3 is 5.32 Å². The van der Waals surface area contributed by atoms with E-state index in [-0.39, 0.29) is 5.91 Å². The fraction of sp³-hybridized carbons (Fsp3) is 0.400. The first kappa shape index (κ1) is 11.0. The normalized spacial score (nSPS) is 16.4. The van der Waals surface area contributed by atoms with E-state index in [4.69, 9.17) is 11.6 Å². The first-order chi connectivity index (χ1) is 6.61. The smallest absolute Gasteiger partial charge is 0.248 e. The van der Waals surface area contributed by atoms with Crippen molar-refractivity contribution < 1.29 is 4.79 Å². The highest BCUT2D eigenvalue weighted by atomic mass is 35.5. The molecule has 0 saturated carbocycles. The second kappa shape index (κ2) is 4.96. The molecule has 1 aliphatic rings. The van der Waals surface area contributed by atoms with Crippen LogP contribution < -0.4 is 5.32 Å². The van der Waals surface area contributed by atoms with Crippen LogP contribution in [0.25, 0.3) is 0 Å². The van der Waals surface area contributed by atoms with Crippen LogP contribution in [-0.4, -0.2) is 18.7 Å². The van der Waals surface area contributed by atoms with Crippen LogP contribution in [0, 0.1) is 0 Å². The predicted octanol–water partition coefficient (Wildman–Crippen LogP) is 1.99. The molecule has 1 rings (SSSR count). The van der Waals surface area contributed by atoms with Crippen molar-refractivity contribution in [2.24, 2.45) is 4.99 Å². The number of nitrogens with one attached hydrogen (secondary N) is 1. The van der Waals surface area contributed by atoms with E-state index in [1.807, 2.05) is 12.3 Å². The van der Waals surface area contributed by atoms with Crippen LogP contribution in [0.4, 0.5) is 0 Å². The summed E-state index contributed by atoms with van der Waals surface area (Å²) in [6.45, 7) is 3.87. The van der Waals surface area contributed by atoms with Gasteiger partial charge in [-0.05, 0) is 13.8 Å². The lowest BCUT2D eigenvalue weighted by Crippen LogP contribution is -2.26. The minimum atomic E-state index is -0.138. The molecule has 1 amide bonds. The molecule has 0 aromatic heterocycles. The number of aliphatic imine (C=N–C) groups is 1. The zero-order valence-electron chi connectivity index (χ0n) is 8.30. The van der Waals surface area contributed by atoms with Crippen LogP contribution in [0.15, 0.2) is 27.4 Å². The molecule has 0 saturated heterocycles. The molecule has 14 heavy (non-hydrogen) atoms. The van der Waals surface area contributed by atoms with E-state index >= 15 is 0 Å². The maximum absolute atomic E-state index is 11.4. The summed E-state index contributed by atoms with van der Waals surface area (Å²) in [6.07, 6.45) is 4.65. The molecule has 3 nitrogen and oxygen atoms in total. The number of allylic oxidation sites excluding steroid dienone is 2. The standard InChI is InChI=1S/C10H13ClN2O/c1-7(8(2)11)10(14)13-6-9-4-3-5-12-9/h4-5H,3,6H2,1-2H3,(H,13,14)/b8-7-. The Morgan fingerprint density at radius 2 is 2.36 bits per heavy atom. The summed E-state index contributed by atoms with van der Waals surface area (Å²) >= 11 is 5.69. The molecular weight excluding hydrogens is 200 g/mol. The zero-order chi connectivity index (χ0) is 10.6. The monoisotopic (exact) mass is 212 g/mol. The van der Waals surface area contributed by atoms with Crippen molar-refractivity contribution >= 4 is 23.7 Å². The molecule has 0 atom stereocenters. The summed E-state index contributed by atoms with van der Waals surface area (Å²) in [6, 6.07) is 0. The van der Waals surface area contributed by atoms with E-state index in [2.05, 4.69) is 10.3 Å². The van der Waals surface area contributed by atoms with Crippen molar-refractivity contribution in [1.82, 2.24) is 5.32 Å². The van der Waals surface area contributed by atoms with Gasteiger partial charge in [-0.1, -0.05) is 17.7 Å². The summed E-state index contributed by atoms with van der Waals surface area (Å²) in [7, 11) is 0. The highest BCUT2D eigenvalue weighted by molar-refractivity contribution is 6.31. The molecule has 0 aromatic rings. The molecule has 1 N–H and O–H groups in total. The molecule has 1 aliphatic heterocycles. The zero-order valence-corrected chi connectivity index (χ0v) is 9.06. The Kier molecular flexibility index (Phi) is 3.89. The molecule has 76 valence electrons. The number of rotatable bonds is 3. The van der Waals surface area contributed by atoms with Gasteiger partial charge in [0.1, 0.15) is 0 Å². The number of halogens is 1. The third-order valence-electron chi connectivity index (χ3n) is 2.00. The summed E-state index contributed by atoms with van der Waals surface area (Å²) in [5, 5.41) is 3.26. The quantitative estimate of drug-likeness (QED) is 0.715. The SMILES string of the molecule is C/C(Cl)=C(\C)C(=O)NCC1=CCC=N1. The number of hydrogen-bond acceptors (Lipinski definition) is 2. The van der Waals surface area contributed by atoms with Crippen LogP contribution >= 0.6 is 11.6 Å². The molecule has 0 radical (unpaired) electrons. The van der Waals surface area contributed by atoms with Crippen LogP contribution in [-0.2, 0) is 4.79 Å². The average molecular weight is 213 g/mol. The lowest BCUT2D eigenvalue weighted by Gasteiger charge is -2.04. The van der Waals surface area contributed by atoms with Gasteiger partial charge in [-0.2, -0.15) is 0 Å². The number of hydrogen-bond donors (Lipinski definition) is 1. The Morgan fingerprint density at radius 1 is 1.64 bits per heavy atom. The predicted molar refractivity (Wildman–Crippen MR) is 58.4 cm³/mol. The summed E-state index contributed by atoms with van der Waals surface area (Å²) < 4.78 is 0. The first-order valence-corrected chi connectivity index (χ1v) is 4.82. The Hall–Kier alpha value is -1.09. The van der Waals surface area contributed by atoms with E-state index in [1.54, 1.807) is 13.8 Å². The van der Waals surface area contributed by atoms with Gasteiger partial charge in [-0.25, -0.2) is 0 Å².